The number of aliphatic hydroxyl groups is 1. The van der Waals surface area contributed by atoms with Crippen LogP contribution in [0.15, 0.2) is 18.2 Å². The van der Waals surface area contributed by atoms with Gasteiger partial charge in [-0.3, -0.25) is 0 Å². The molecule has 0 saturated heterocycles. The van der Waals surface area contributed by atoms with Crippen molar-refractivity contribution < 1.29 is 9.84 Å². The molecule has 0 bridgehead atoms. The molecule has 0 aliphatic heterocycles. The number of benzene rings is 1. The van der Waals surface area contributed by atoms with Crippen LogP contribution in [0.5, 0.6) is 5.75 Å². The molecule has 0 aromatic heterocycles. The number of hydrogen-bond donors (Lipinski definition) is 2. The van der Waals surface area contributed by atoms with Crippen molar-refractivity contribution in [2.75, 3.05) is 6.61 Å². The fourth-order valence-electron chi connectivity index (χ4n) is 2.38. The zero-order chi connectivity index (χ0) is 12.5. The molecule has 94 valence electrons. The molecule has 1 aromatic rings. The standard InChI is InChI=1S/C14H21NO2/c1-10-4-3-5-13(11(10)2)17-12-6-7-14(15,8-12)9-16/h3-5,12,16H,6-9,15H2,1-2H3. The molecule has 3 nitrogen and oxygen atoms in total. The maximum atomic E-state index is 9.23. The van der Waals surface area contributed by atoms with Crippen molar-refractivity contribution in [3.63, 3.8) is 0 Å². The average molecular weight is 235 g/mol. The second-order valence-corrected chi connectivity index (χ2v) is 5.20. The lowest BCUT2D eigenvalue weighted by Crippen LogP contribution is -2.41. The van der Waals surface area contributed by atoms with Crippen molar-refractivity contribution >= 4 is 0 Å². The van der Waals surface area contributed by atoms with E-state index in [9.17, 15) is 5.11 Å². The van der Waals surface area contributed by atoms with Gasteiger partial charge in [-0.1, -0.05) is 12.1 Å². The van der Waals surface area contributed by atoms with Crippen molar-refractivity contribution in [2.24, 2.45) is 5.73 Å². The van der Waals surface area contributed by atoms with Crippen LogP contribution >= 0.6 is 0 Å². The number of nitrogens with two attached hydrogens (primary N) is 1. The maximum Gasteiger partial charge on any atom is 0.122 e. The molecular weight excluding hydrogens is 214 g/mol. The molecule has 2 unspecified atom stereocenters. The summed E-state index contributed by atoms with van der Waals surface area (Å²) in [5.41, 5.74) is 8.02. The van der Waals surface area contributed by atoms with Gasteiger partial charge in [0.2, 0.25) is 0 Å². The molecule has 17 heavy (non-hydrogen) atoms. The molecule has 1 aliphatic rings. The van der Waals surface area contributed by atoms with Gasteiger partial charge in [0.05, 0.1) is 6.61 Å². The van der Waals surface area contributed by atoms with Crippen LogP contribution in [0.25, 0.3) is 0 Å². The van der Waals surface area contributed by atoms with Crippen LogP contribution in [0.1, 0.15) is 30.4 Å². The molecular formula is C14H21NO2. The smallest absolute Gasteiger partial charge is 0.122 e. The first-order valence-electron chi connectivity index (χ1n) is 6.17. The van der Waals surface area contributed by atoms with E-state index in [1.165, 1.54) is 11.1 Å². The van der Waals surface area contributed by atoms with Gasteiger partial charge in [-0.25, -0.2) is 0 Å². The molecule has 1 fully saturated rings. The average Bonchev–Trinajstić information content (AvgIpc) is 2.68. The van der Waals surface area contributed by atoms with E-state index < -0.39 is 5.54 Å². The quantitative estimate of drug-likeness (QED) is 0.841. The monoisotopic (exact) mass is 235 g/mol. The summed E-state index contributed by atoms with van der Waals surface area (Å²) in [5.74, 6) is 0.942. The van der Waals surface area contributed by atoms with Gasteiger partial charge in [0, 0.05) is 12.0 Å². The van der Waals surface area contributed by atoms with Crippen LogP contribution in [0.4, 0.5) is 0 Å². The van der Waals surface area contributed by atoms with E-state index >= 15 is 0 Å². The zero-order valence-electron chi connectivity index (χ0n) is 10.6. The van der Waals surface area contributed by atoms with Crippen LogP contribution in [-0.2, 0) is 0 Å². The van der Waals surface area contributed by atoms with Gasteiger partial charge >= 0.3 is 0 Å². The molecule has 3 heteroatoms. The second-order valence-electron chi connectivity index (χ2n) is 5.20. The van der Waals surface area contributed by atoms with Gasteiger partial charge in [-0.2, -0.15) is 0 Å². The molecule has 1 aliphatic carbocycles. The number of ether oxygens (including phenoxy) is 1. The van der Waals surface area contributed by atoms with E-state index in [1.54, 1.807) is 0 Å². The Balaban J connectivity index is 2.05. The summed E-state index contributed by atoms with van der Waals surface area (Å²) in [6.45, 7) is 4.19. The van der Waals surface area contributed by atoms with Crippen LogP contribution in [0.2, 0.25) is 0 Å². The Hall–Kier alpha value is -1.06. The van der Waals surface area contributed by atoms with E-state index in [0.717, 1.165) is 25.0 Å². The second kappa shape index (κ2) is 4.67. The molecule has 0 radical (unpaired) electrons. The first-order chi connectivity index (χ1) is 8.04. The molecule has 0 amide bonds. The predicted octanol–water partition coefficient (Wildman–Crippen LogP) is 1.92. The molecule has 2 rings (SSSR count). The fraction of sp³-hybridized carbons (Fsp3) is 0.571. The van der Waals surface area contributed by atoms with E-state index in [2.05, 4.69) is 19.9 Å². The third-order valence-corrected chi connectivity index (χ3v) is 3.76. The largest absolute Gasteiger partial charge is 0.490 e. The summed E-state index contributed by atoms with van der Waals surface area (Å²) in [5, 5.41) is 9.23. The first kappa shape index (κ1) is 12.4. The molecule has 2 atom stereocenters. The minimum Gasteiger partial charge on any atom is -0.490 e. The van der Waals surface area contributed by atoms with Crippen molar-refractivity contribution in [3.05, 3.63) is 29.3 Å². The van der Waals surface area contributed by atoms with E-state index in [-0.39, 0.29) is 12.7 Å². The Bertz CT molecular complexity index is 405. The lowest BCUT2D eigenvalue weighted by Gasteiger charge is -2.21. The van der Waals surface area contributed by atoms with Gasteiger partial charge in [0.1, 0.15) is 11.9 Å². The maximum absolute atomic E-state index is 9.23. The highest BCUT2D eigenvalue weighted by Crippen LogP contribution is 2.32. The highest BCUT2D eigenvalue weighted by Gasteiger charge is 2.36. The van der Waals surface area contributed by atoms with Crippen LogP contribution in [0.3, 0.4) is 0 Å². The Kier molecular flexibility index (Phi) is 3.40. The van der Waals surface area contributed by atoms with Crippen molar-refractivity contribution in [1.29, 1.82) is 0 Å². The minimum atomic E-state index is -0.442. The van der Waals surface area contributed by atoms with Crippen molar-refractivity contribution in [3.8, 4) is 5.75 Å². The first-order valence-corrected chi connectivity index (χ1v) is 6.17. The van der Waals surface area contributed by atoms with E-state index in [0.29, 0.717) is 0 Å². The summed E-state index contributed by atoms with van der Waals surface area (Å²) in [6, 6.07) is 6.09. The summed E-state index contributed by atoms with van der Waals surface area (Å²) in [7, 11) is 0. The van der Waals surface area contributed by atoms with Crippen LogP contribution in [0, 0.1) is 13.8 Å². The molecule has 0 heterocycles. The zero-order valence-corrected chi connectivity index (χ0v) is 10.6. The lowest BCUT2D eigenvalue weighted by molar-refractivity contribution is 0.165. The summed E-state index contributed by atoms with van der Waals surface area (Å²) >= 11 is 0. The molecule has 3 N–H and O–H groups in total. The predicted molar refractivity (Wildman–Crippen MR) is 68.2 cm³/mol. The van der Waals surface area contributed by atoms with E-state index in [4.69, 9.17) is 10.5 Å². The summed E-state index contributed by atoms with van der Waals surface area (Å²) < 4.78 is 5.99. The van der Waals surface area contributed by atoms with Gasteiger partial charge in [-0.15, -0.1) is 0 Å². The van der Waals surface area contributed by atoms with Crippen molar-refractivity contribution in [1.82, 2.24) is 0 Å². The highest BCUT2D eigenvalue weighted by molar-refractivity contribution is 5.38. The van der Waals surface area contributed by atoms with Gasteiger partial charge < -0.3 is 15.6 Å². The SMILES string of the molecule is Cc1cccc(OC2CCC(N)(CO)C2)c1C. The van der Waals surface area contributed by atoms with E-state index in [1.807, 2.05) is 12.1 Å². The Morgan fingerprint density at radius 1 is 1.47 bits per heavy atom. The Morgan fingerprint density at radius 2 is 2.24 bits per heavy atom. The third-order valence-electron chi connectivity index (χ3n) is 3.76. The van der Waals surface area contributed by atoms with Crippen LogP contribution < -0.4 is 10.5 Å². The van der Waals surface area contributed by atoms with Crippen molar-refractivity contribution in [2.45, 2.75) is 44.8 Å². The highest BCUT2D eigenvalue weighted by atomic mass is 16.5. The topological polar surface area (TPSA) is 55.5 Å². The molecule has 1 saturated carbocycles. The number of aliphatic hydroxyl groups excluding tert-OH is 1. The Morgan fingerprint density at radius 3 is 2.88 bits per heavy atom. The summed E-state index contributed by atoms with van der Waals surface area (Å²) in [6.07, 6.45) is 2.62. The number of rotatable bonds is 3. The number of hydrogen-bond acceptors (Lipinski definition) is 3. The Labute approximate surface area is 103 Å². The van der Waals surface area contributed by atoms with Gasteiger partial charge in [-0.05, 0) is 43.9 Å². The van der Waals surface area contributed by atoms with Gasteiger partial charge in [0.25, 0.3) is 0 Å². The lowest BCUT2D eigenvalue weighted by atomic mass is 10.0. The normalized spacial score (nSPS) is 28.4. The van der Waals surface area contributed by atoms with Crippen LogP contribution in [-0.4, -0.2) is 23.4 Å². The summed E-state index contributed by atoms with van der Waals surface area (Å²) in [4.78, 5) is 0. The minimum absolute atomic E-state index is 0.0413. The number of aryl methyl sites for hydroxylation is 1. The molecule has 1 aromatic carbocycles. The third kappa shape index (κ3) is 2.61. The molecule has 0 spiro atoms. The fourth-order valence-corrected chi connectivity index (χ4v) is 2.38. The van der Waals surface area contributed by atoms with Gasteiger partial charge in [0.15, 0.2) is 0 Å².